The number of furan rings is 1. The van der Waals surface area contributed by atoms with Gasteiger partial charge in [-0.15, -0.1) is 0 Å². The van der Waals surface area contributed by atoms with Crippen molar-refractivity contribution in [1.82, 2.24) is 10.2 Å². The molecule has 2 aromatic rings. The lowest BCUT2D eigenvalue weighted by Gasteiger charge is -2.34. The van der Waals surface area contributed by atoms with Gasteiger partial charge < -0.3 is 9.73 Å². The molecular formula is C16H22N2O. The van der Waals surface area contributed by atoms with E-state index in [1.807, 2.05) is 13.1 Å². The molecule has 102 valence electrons. The summed E-state index contributed by atoms with van der Waals surface area (Å²) in [6, 6.07) is 9.11. The van der Waals surface area contributed by atoms with Gasteiger partial charge in [-0.25, -0.2) is 0 Å². The second-order valence-electron chi connectivity index (χ2n) is 5.53. The van der Waals surface area contributed by atoms with Gasteiger partial charge in [-0.2, -0.15) is 0 Å². The third-order valence-corrected chi connectivity index (χ3v) is 4.22. The van der Waals surface area contributed by atoms with Crippen molar-refractivity contribution in [2.75, 3.05) is 14.1 Å². The molecule has 0 atom stereocenters. The number of hydrogen-bond donors (Lipinski definition) is 1. The van der Waals surface area contributed by atoms with E-state index in [-0.39, 0.29) is 0 Å². The fraction of sp³-hybridized carbons (Fsp3) is 0.500. The Balaban J connectivity index is 1.92. The van der Waals surface area contributed by atoms with Crippen molar-refractivity contribution in [1.29, 1.82) is 0 Å². The SMILES string of the molecule is CNCc1oc2ccccc2c1CN(C)C1CCC1. The molecule has 0 amide bonds. The minimum absolute atomic E-state index is 0.760. The van der Waals surface area contributed by atoms with Gasteiger partial charge in [-0.05, 0) is 33.0 Å². The van der Waals surface area contributed by atoms with Crippen LogP contribution in [0.4, 0.5) is 0 Å². The Kier molecular flexibility index (Phi) is 3.58. The van der Waals surface area contributed by atoms with Crippen molar-refractivity contribution in [3.63, 3.8) is 0 Å². The predicted molar refractivity (Wildman–Crippen MR) is 78.1 cm³/mol. The topological polar surface area (TPSA) is 28.4 Å². The highest BCUT2D eigenvalue weighted by atomic mass is 16.3. The van der Waals surface area contributed by atoms with Crippen molar-refractivity contribution in [2.24, 2.45) is 0 Å². The fourth-order valence-corrected chi connectivity index (χ4v) is 2.83. The molecule has 1 aromatic carbocycles. The second kappa shape index (κ2) is 5.35. The highest BCUT2D eigenvalue weighted by molar-refractivity contribution is 5.82. The summed E-state index contributed by atoms with van der Waals surface area (Å²) in [6.07, 6.45) is 4.06. The second-order valence-corrected chi connectivity index (χ2v) is 5.53. The molecule has 3 nitrogen and oxygen atoms in total. The van der Waals surface area contributed by atoms with Crippen molar-refractivity contribution in [2.45, 2.75) is 38.4 Å². The van der Waals surface area contributed by atoms with Crippen LogP contribution in [0.1, 0.15) is 30.6 Å². The van der Waals surface area contributed by atoms with Crippen LogP contribution in [0.25, 0.3) is 11.0 Å². The van der Waals surface area contributed by atoms with Gasteiger partial charge >= 0.3 is 0 Å². The summed E-state index contributed by atoms with van der Waals surface area (Å²) in [6.45, 7) is 1.78. The van der Waals surface area contributed by atoms with Crippen LogP contribution in [0, 0.1) is 0 Å². The summed E-state index contributed by atoms with van der Waals surface area (Å²) < 4.78 is 5.98. The molecule has 0 saturated heterocycles. The predicted octanol–water partition coefficient (Wildman–Crippen LogP) is 3.14. The lowest BCUT2D eigenvalue weighted by atomic mass is 9.91. The molecule has 19 heavy (non-hydrogen) atoms. The van der Waals surface area contributed by atoms with E-state index in [0.717, 1.165) is 30.5 Å². The van der Waals surface area contributed by atoms with Crippen LogP contribution in [0.2, 0.25) is 0 Å². The zero-order chi connectivity index (χ0) is 13.2. The molecule has 0 unspecified atom stereocenters. The summed E-state index contributed by atoms with van der Waals surface area (Å²) >= 11 is 0. The number of benzene rings is 1. The molecule has 3 heteroatoms. The molecule has 1 fully saturated rings. The Bertz CT molecular complexity index is 557. The third-order valence-electron chi connectivity index (χ3n) is 4.22. The molecule has 1 aliphatic rings. The fourth-order valence-electron chi connectivity index (χ4n) is 2.83. The summed E-state index contributed by atoms with van der Waals surface area (Å²) in [5.74, 6) is 1.08. The van der Waals surface area contributed by atoms with Gasteiger partial charge in [0.2, 0.25) is 0 Å². The average Bonchev–Trinajstić information content (AvgIpc) is 2.66. The van der Waals surface area contributed by atoms with Crippen LogP contribution < -0.4 is 5.32 Å². The summed E-state index contributed by atoms with van der Waals surface area (Å²) in [5, 5.41) is 4.47. The van der Waals surface area contributed by atoms with E-state index in [1.54, 1.807) is 0 Å². The van der Waals surface area contributed by atoms with E-state index >= 15 is 0 Å². The first-order chi connectivity index (χ1) is 9.29. The molecule has 1 saturated carbocycles. The number of nitrogens with one attached hydrogen (secondary N) is 1. The monoisotopic (exact) mass is 258 g/mol. The Morgan fingerprint density at radius 1 is 1.32 bits per heavy atom. The van der Waals surface area contributed by atoms with E-state index in [9.17, 15) is 0 Å². The third kappa shape index (κ3) is 2.40. The van der Waals surface area contributed by atoms with Crippen molar-refractivity contribution in [3.05, 3.63) is 35.6 Å². The average molecular weight is 258 g/mol. The minimum Gasteiger partial charge on any atom is -0.459 e. The van der Waals surface area contributed by atoms with Crippen LogP contribution in [0.3, 0.4) is 0 Å². The lowest BCUT2D eigenvalue weighted by molar-refractivity contribution is 0.152. The number of nitrogens with zero attached hydrogens (tertiary/aromatic N) is 1. The molecular weight excluding hydrogens is 236 g/mol. The molecule has 0 aliphatic heterocycles. The van der Waals surface area contributed by atoms with Gasteiger partial charge in [0.25, 0.3) is 0 Å². The summed E-state index contributed by atoms with van der Waals surface area (Å²) in [4.78, 5) is 2.47. The van der Waals surface area contributed by atoms with Gasteiger partial charge in [0.1, 0.15) is 11.3 Å². The van der Waals surface area contributed by atoms with Crippen molar-refractivity contribution in [3.8, 4) is 0 Å². The molecule has 0 radical (unpaired) electrons. The standard InChI is InChI=1S/C16H22N2O/c1-17-10-16-14(11-18(2)12-6-5-7-12)13-8-3-4-9-15(13)19-16/h3-4,8-9,12,17H,5-7,10-11H2,1-2H3. The maximum Gasteiger partial charge on any atom is 0.134 e. The molecule has 3 rings (SSSR count). The number of rotatable bonds is 5. The van der Waals surface area contributed by atoms with Crippen LogP contribution in [-0.2, 0) is 13.1 Å². The highest BCUT2D eigenvalue weighted by Gasteiger charge is 2.24. The molecule has 0 bridgehead atoms. The van der Waals surface area contributed by atoms with Gasteiger partial charge in [-0.3, -0.25) is 4.90 Å². The van der Waals surface area contributed by atoms with Crippen LogP contribution in [0.15, 0.2) is 28.7 Å². The Morgan fingerprint density at radius 2 is 2.11 bits per heavy atom. The maximum absolute atomic E-state index is 5.98. The van der Waals surface area contributed by atoms with Crippen molar-refractivity contribution >= 4 is 11.0 Å². The maximum atomic E-state index is 5.98. The first-order valence-corrected chi connectivity index (χ1v) is 7.13. The van der Waals surface area contributed by atoms with E-state index in [2.05, 4.69) is 35.5 Å². The Labute approximate surface area is 114 Å². The van der Waals surface area contributed by atoms with Crippen LogP contribution in [0.5, 0.6) is 0 Å². The van der Waals surface area contributed by atoms with E-state index < -0.39 is 0 Å². The van der Waals surface area contributed by atoms with Gasteiger partial charge in [0.05, 0.1) is 6.54 Å². The normalized spacial score (nSPS) is 16.2. The zero-order valence-electron chi connectivity index (χ0n) is 11.8. The van der Waals surface area contributed by atoms with E-state index in [4.69, 9.17) is 4.42 Å². The van der Waals surface area contributed by atoms with Gasteiger partial charge in [0, 0.05) is 23.5 Å². The highest BCUT2D eigenvalue weighted by Crippen LogP contribution is 2.30. The Hall–Kier alpha value is -1.32. The van der Waals surface area contributed by atoms with Crippen LogP contribution in [-0.4, -0.2) is 25.0 Å². The summed E-state index contributed by atoms with van der Waals surface area (Å²) in [5.41, 5.74) is 2.35. The number of fused-ring (bicyclic) bond motifs is 1. The molecule has 1 N–H and O–H groups in total. The molecule has 1 aromatic heterocycles. The molecule has 1 heterocycles. The van der Waals surface area contributed by atoms with Crippen LogP contribution >= 0.6 is 0 Å². The first kappa shape index (κ1) is 12.7. The van der Waals surface area contributed by atoms with Crippen molar-refractivity contribution < 1.29 is 4.42 Å². The quantitative estimate of drug-likeness (QED) is 0.893. The number of hydrogen-bond acceptors (Lipinski definition) is 3. The lowest BCUT2D eigenvalue weighted by Crippen LogP contribution is -2.36. The van der Waals surface area contributed by atoms with E-state index in [1.165, 1.54) is 30.2 Å². The summed E-state index contributed by atoms with van der Waals surface area (Å²) in [7, 11) is 4.20. The molecule has 0 spiro atoms. The van der Waals surface area contributed by atoms with E-state index in [0.29, 0.717) is 0 Å². The number of para-hydroxylation sites is 1. The zero-order valence-corrected chi connectivity index (χ0v) is 11.8. The minimum atomic E-state index is 0.760. The smallest absolute Gasteiger partial charge is 0.134 e. The van der Waals surface area contributed by atoms with Gasteiger partial charge in [0.15, 0.2) is 0 Å². The van der Waals surface area contributed by atoms with Gasteiger partial charge in [-0.1, -0.05) is 24.6 Å². The Morgan fingerprint density at radius 3 is 2.79 bits per heavy atom. The first-order valence-electron chi connectivity index (χ1n) is 7.13. The largest absolute Gasteiger partial charge is 0.459 e. The molecule has 1 aliphatic carbocycles.